The lowest BCUT2D eigenvalue weighted by Crippen LogP contribution is -2.29. The van der Waals surface area contributed by atoms with Gasteiger partial charge in [-0.05, 0) is 12.5 Å². The fourth-order valence-corrected chi connectivity index (χ4v) is 1.73. The Hall–Kier alpha value is -0.360. The highest BCUT2D eigenvalue weighted by Crippen LogP contribution is 2.47. The van der Waals surface area contributed by atoms with Gasteiger partial charge in [-0.15, -0.1) is 0 Å². The van der Waals surface area contributed by atoms with Gasteiger partial charge in [-0.1, -0.05) is 23.2 Å². The van der Waals surface area contributed by atoms with E-state index in [1.54, 1.807) is 0 Å². The summed E-state index contributed by atoms with van der Waals surface area (Å²) in [5.41, 5.74) is -1.33. The molecule has 0 aliphatic heterocycles. The summed E-state index contributed by atoms with van der Waals surface area (Å²) in [6, 6.07) is 0. The zero-order chi connectivity index (χ0) is 12.7. The van der Waals surface area contributed by atoms with E-state index >= 15 is 0 Å². The molecule has 0 spiro atoms. The van der Waals surface area contributed by atoms with Crippen LogP contribution in [0, 0.1) is 5.92 Å². The van der Waals surface area contributed by atoms with Crippen LogP contribution in [0.2, 0.25) is 0 Å². The van der Waals surface area contributed by atoms with Crippen molar-refractivity contribution in [1.29, 1.82) is 0 Å². The Morgan fingerprint density at radius 3 is 1.94 bits per heavy atom. The smallest absolute Gasteiger partial charge is 0.170 e. The van der Waals surface area contributed by atoms with E-state index in [0.717, 1.165) is 0 Å². The highest BCUT2D eigenvalue weighted by molar-refractivity contribution is 6.40. The average molecular weight is 285 g/mol. The minimum atomic E-state index is -4.85. The Morgan fingerprint density at radius 1 is 1.06 bits per heavy atom. The lowest BCUT2D eigenvalue weighted by Gasteiger charge is -2.26. The molecule has 16 heavy (non-hydrogen) atoms. The Bertz CT molecular complexity index is 349. The predicted molar refractivity (Wildman–Crippen MR) is 47.0 cm³/mol. The summed E-state index contributed by atoms with van der Waals surface area (Å²) in [6.45, 7) is 0. The van der Waals surface area contributed by atoms with Crippen molar-refractivity contribution in [2.24, 2.45) is 5.92 Å². The molecule has 0 aromatic carbocycles. The number of allylic oxidation sites excluding steroid dienone is 4. The van der Waals surface area contributed by atoms with E-state index in [1.165, 1.54) is 0 Å². The van der Waals surface area contributed by atoms with E-state index in [-0.39, 0.29) is 0 Å². The molecule has 0 nitrogen and oxygen atoms in total. The normalized spacial score (nSPS) is 23.5. The first-order chi connectivity index (χ1) is 7.03. The van der Waals surface area contributed by atoms with Crippen LogP contribution in [-0.4, -0.2) is 12.4 Å². The van der Waals surface area contributed by atoms with Crippen LogP contribution >= 0.6 is 23.2 Å². The maximum absolute atomic E-state index is 12.4. The SMILES string of the molecule is FC(F)(F)C1=CC(Cl)=C(Cl)C(C(F)(F)F)C1. The summed E-state index contributed by atoms with van der Waals surface area (Å²) < 4.78 is 73.8. The lowest BCUT2D eigenvalue weighted by molar-refractivity contribution is -0.167. The first kappa shape index (κ1) is 13.7. The summed E-state index contributed by atoms with van der Waals surface area (Å²) in [5, 5.41) is -1.52. The number of alkyl halides is 6. The molecule has 0 fully saturated rings. The van der Waals surface area contributed by atoms with Gasteiger partial charge in [0.15, 0.2) is 0 Å². The third kappa shape index (κ3) is 2.85. The van der Waals surface area contributed by atoms with Gasteiger partial charge in [-0.3, -0.25) is 0 Å². The van der Waals surface area contributed by atoms with Gasteiger partial charge in [-0.25, -0.2) is 0 Å². The van der Waals surface area contributed by atoms with E-state index in [4.69, 9.17) is 23.2 Å². The lowest BCUT2D eigenvalue weighted by atomic mass is 9.93. The molecule has 0 bridgehead atoms. The van der Waals surface area contributed by atoms with E-state index in [1.807, 2.05) is 0 Å². The first-order valence-electron chi connectivity index (χ1n) is 3.93. The van der Waals surface area contributed by atoms with E-state index < -0.39 is 40.3 Å². The summed E-state index contributed by atoms with van der Waals surface area (Å²) in [4.78, 5) is 0. The highest BCUT2D eigenvalue weighted by atomic mass is 35.5. The molecule has 0 radical (unpaired) electrons. The largest absolute Gasteiger partial charge is 0.412 e. The minimum absolute atomic E-state index is 0.423. The van der Waals surface area contributed by atoms with Crippen LogP contribution in [0.4, 0.5) is 26.3 Å². The van der Waals surface area contributed by atoms with Gasteiger partial charge in [0.2, 0.25) is 0 Å². The molecule has 1 aliphatic rings. The fraction of sp³-hybridized carbons (Fsp3) is 0.500. The first-order valence-corrected chi connectivity index (χ1v) is 4.68. The molecular weight excluding hydrogens is 281 g/mol. The number of hydrogen-bond acceptors (Lipinski definition) is 0. The minimum Gasteiger partial charge on any atom is -0.170 e. The van der Waals surface area contributed by atoms with E-state index in [0.29, 0.717) is 6.08 Å². The second kappa shape index (κ2) is 4.14. The van der Waals surface area contributed by atoms with Gasteiger partial charge in [0.1, 0.15) is 0 Å². The van der Waals surface area contributed by atoms with Crippen LogP contribution in [0.5, 0.6) is 0 Å². The zero-order valence-corrected chi connectivity index (χ0v) is 8.90. The molecule has 1 aliphatic carbocycles. The second-order valence-corrected chi connectivity index (χ2v) is 3.98. The van der Waals surface area contributed by atoms with Crippen molar-refractivity contribution in [2.75, 3.05) is 0 Å². The van der Waals surface area contributed by atoms with Gasteiger partial charge in [0.05, 0.1) is 11.0 Å². The Labute approximate surface area is 96.5 Å². The molecule has 0 N–H and O–H groups in total. The summed E-state index contributed by atoms with van der Waals surface area (Å²) in [5.74, 6) is -2.39. The number of rotatable bonds is 0. The Morgan fingerprint density at radius 2 is 1.56 bits per heavy atom. The third-order valence-electron chi connectivity index (χ3n) is 2.02. The highest BCUT2D eigenvalue weighted by Gasteiger charge is 2.48. The standard InChI is InChI=1S/C8H4Cl2F6/c9-5-2-3(7(11,12)13)1-4(6(5)10)8(14,15)16/h2,4H,1H2. The fourth-order valence-electron chi connectivity index (χ4n) is 1.21. The van der Waals surface area contributed by atoms with Crippen LogP contribution in [0.15, 0.2) is 21.7 Å². The van der Waals surface area contributed by atoms with Crippen molar-refractivity contribution in [3.05, 3.63) is 21.7 Å². The van der Waals surface area contributed by atoms with Gasteiger partial charge in [0, 0.05) is 10.6 Å². The van der Waals surface area contributed by atoms with Crippen molar-refractivity contribution < 1.29 is 26.3 Å². The van der Waals surface area contributed by atoms with Crippen LogP contribution in [-0.2, 0) is 0 Å². The van der Waals surface area contributed by atoms with Crippen LogP contribution < -0.4 is 0 Å². The molecule has 0 aromatic rings. The topological polar surface area (TPSA) is 0 Å². The number of halogens is 8. The maximum atomic E-state index is 12.4. The monoisotopic (exact) mass is 284 g/mol. The van der Waals surface area contributed by atoms with Gasteiger partial charge < -0.3 is 0 Å². The molecule has 1 unspecified atom stereocenters. The van der Waals surface area contributed by atoms with Gasteiger partial charge in [0.25, 0.3) is 0 Å². The molecule has 0 saturated heterocycles. The molecule has 0 saturated carbocycles. The molecular formula is C8H4Cl2F6. The molecule has 0 aromatic heterocycles. The van der Waals surface area contributed by atoms with Crippen molar-refractivity contribution in [2.45, 2.75) is 18.8 Å². The Kier molecular flexibility index (Phi) is 3.55. The summed E-state index contributed by atoms with van der Waals surface area (Å²) in [7, 11) is 0. The molecule has 0 heterocycles. The van der Waals surface area contributed by atoms with E-state index in [9.17, 15) is 26.3 Å². The third-order valence-corrected chi connectivity index (χ3v) is 2.89. The Balaban J connectivity index is 3.13. The maximum Gasteiger partial charge on any atom is 0.412 e. The van der Waals surface area contributed by atoms with E-state index in [2.05, 4.69) is 0 Å². The quantitative estimate of drug-likeness (QED) is 0.563. The average Bonchev–Trinajstić information content (AvgIpc) is 2.05. The van der Waals surface area contributed by atoms with Crippen LogP contribution in [0.25, 0.3) is 0 Å². The van der Waals surface area contributed by atoms with Gasteiger partial charge >= 0.3 is 12.4 Å². The van der Waals surface area contributed by atoms with Crippen LogP contribution in [0.1, 0.15) is 6.42 Å². The van der Waals surface area contributed by atoms with Crippen molar-refractivity contribution in [1.82, 2.24) is 0 Å². The molecule has 92 valence electrons. The number of hydrogen-bond donors (Lipinski definition) is 0. The predicted octanol–water partition coefficient (Wildman–Crippen LogP) is 4.75. The van der Waals surface area contributed by atoms with Gasteiger partial charge in [-0.2, -0.15) is 26.3 Å². The molecule has 1 rings (SSSR count). The van der Waals surface area contributed by atoms with Crippen molar-refractivity contribution in [3.63, 3.8) is 0 Å². The van der Waals surface area contributed by atoms with Crippen molar-refractivity contribution >= 4 is 23.2 Å². The zero-order valence-electron chi connectivity index (χ0n) is 7.39. The van der Waals surface area contributed by atoms with Crippen molar-refractivity contribution in [3.8, 4) is 0 Å². The summed E-state index contributed by atoms with van der Waals surface area (Å²) >= 11 is 10.5. The second-order valence-electron chi connectivity index (χ2n) is 3.16. The summed E-state index contributed by atoms with van der Waals surface area (Å²) in [6.07, 6.45) is -10.5. The molecule has 0 amide bonds. The molecule has 1 atom stereocenters. The van der Waals surface area contributed by atoms with Crippen LogP contribution in [0.3, 0.4) is 0 Å². The molecule has 8 heteroatoms.